The Bertz CT molecular complexity index is 1260. The Morgan fingerprint density at radius 2 is 1.91 bits per heavy atom. The zero-order valence-electron chi connectivity index (χ0n) is 18.1. The van der Waals surface area contributed by atoms with Gasteiger partial charge in [-0.15, -0.1) is 0 Å². The van der Waals surface area contributed by atoms with Gasteiger partial charge in [-0.3, -0.25) is 19.6 Å². The molecule has 0 bridgehead atoms. The molecule has 2 aromatic rings. The van der Waals surface area contributed by atoms with Crippen molar-refractivity contribution in [2.24, 2.45) is 11.7 Å². The van der Waals surface area contributed by atoms with Crippen molar-refractivity contribution in [2.45, 2.75) is 36.2 Å². The first-order valence-corrected chi connectivity index (χ1v) is 10.3. The molecule has 5 rings (SSSR count). The van der Waals surface area contributed by atoms with E-state index in [9.17, 15) is 35.1 Å². The lowest BCUT2D eigenvalue weighted by molar-refractivity contribution is -0.165. The van der Waals surface area contributed by atoms with Gasteiger partial charge in [0.15, 0.2) is 11.4 Å². The number of hydrogen-bond acceptors (Lipinski definition) is 9. The number of fused-ring (bicyclic) bond motifs is 4. The van der Waals surface area contributed by atoms with Gasteiger partial charge >= 0.3 is 0 Å². The van der Waals surface area contributed by atoms with Gasteiger partial charge in [-0.25, -0.2) is 0 Å². The van der Waals surface area contributed by atoms with E-state index >= 15 is 0 Å². The molecule has 1 amide bonds. The molecule has 0 radical (unpaired) electrons. The van der Waals surface area contributed by atoms with Crippen LogP contribution in [0.1, 0.15) is 29.7 Å². The van der Waals surface area contributed by atoms with Crippen molar-refractivity contribution in [1.29, 1.82) is 0 Å². The monoisotopic (exact) mass is 456 g/mol. The summed E-state index contributed by atoms with van der Waals surface area (Å²) in [4.78, 5) is 26.7. The molecule has 1 aromatic heterocycles. The van der Waals surface area contributed by atoms with E-state index in [1.54, 1.807) is 12.1 Å². The van der Waals surface area contributed by atoms with Crippen molar-refractivity contribution in [3.63, 3.8) is 0 Å². The number of carbonyl (C=O) groups is 2. The first-order chi connectivity index (χ1) is 15.4. The average molecular weight is 456 g/mol. The molecule has 6 atom stereocenters. The molecule has 0 saturated carbocycles. The number of hydrogen-bond donors (Lipinski definition) is 7. The SMILES string of the molecule is CN(C)[C@H]1C(=O)C(C(N)=O)=C(O)[C@]2(O)c3[nH]nc4c3[C@@H]([C@@H](O)[C@H]12)[C@@](C)(O)c1cccc(O)c1-4. The number of aromatic amines is 1. The smallest absolute Gasteiger partial charge is 0.255 e. The fourth-order valence-corrected chi connectivity index (χ4v) is 6.02. The third kappa shape index (κ3) is 2.34. The van der Waals surface area contributed by atoms with Gasteiger partial charge in [0.25, 0.3) is 5.91 Å². The Balaban J connectivity index is 1.91. The van der Waals surface area contributed by atoms with Crippen LogP contribution in [-0.2, 0) is 20.8 Å². The largest absolute Gasteiger partial charge is 0.508 e. The number of benzene rings is 1. The lowest BCUT2D eigenvalue weighted by Crippen LogP contribution is -2.66. The van der Waals surface area contributed by atoms with Crippen molar-refractivity contribution in [3.8, 4) is 17.0 Å². The lowest BCUT2D eigenvalue weighted by Gasteiger charge is -2.54. The van der Waals surface area contributed by atoms with Gasteiger partial charge in [-0.2, -0.15) is 5.10 Å². The molecule has 0 aliphatic heterocycles. The molecular formula is C22H24N4O7. The molecule has 1 aromatic carbocycles. The number of likely N-dealkylation sites (N-methyl/N-ethyl adjacent to an activating group) is 1. The van der Waals surface area contributed by atoms with Crippen molar-refractivity contribution in [1.82, 2.24) is 15.1 Å². The predicted octanol–water partition coefficient (Wildman–Crippen LogP) is -0.924. The summed E-state index contributed by atoms with van der Waals surface area (Å²) in [5.41, 5.74) is 1.18. The number of aliphatic hydroxyl groups excluding tert-OH is 2. The summed E-state index contributed by atoms with van der Waals surface area (Å²) in [6.07, 6.45) is -1.57. The van der Waals surface area contributed by atoms with Crippen LogP contribution < -0.4 is 5.73 Å². The second-order valence-electron chi connectivity index (χ2n) is 9.33. The zero-order chi connectivity index (χ0) is 24.2. The number of aromatic nitrogens is 2. The van der Waals surface area contributed by atoms with E-state index < -0.39 is 58.2 Å². The maximum atomic E-state index is 13.2. The normalized spacial score (nSPS) is 34.7. The first kappa shape index (κ1) is 21.6. The van der Waals surface area contributed by atoms with Crippen LogP contribution in [0.5, 0.6) is 5.75 Å². The molecule has 8 N–H and O–H groups in total. The van der Waals surface area contributed by atoms with E-state index in [4.69, 9.17) is 5.73 Å². The van der Waals surface area contributed by atoms with Crippen LogP contribution in [0, 0.1) is 5.92 Å². The third-order valence-electron chi connectivity index (χ3n) is 7.37. The number of amides is 1. The Morgan fingerprint density at radius 1 is 1.24 bits per heavy atom. The number of primary amides is 1. The van der Waals surface area contributed by atoms with Crippen molar-refractivity contribution < 1.29 is 35.1 Å². The number of aliphatic hydroxyl groups is 4. The summed E-state index contributed by atoms with van der Waals surface area (Å²) < 4.78 is 0. The van der Waals surface area contributed by atoms with Crippen LogP contribution in [0.2, 0.25) is 0 Å². The topological polar surface area (TPSA) is 193 Å². The molecule has 11 heteroatoms. The van der Waals surface area contributed by atoms with Gasteiger partial charge in [0.05, 0.1) is 34.9 Å². The molecule has 11 nitrogen and oxygen atoms in total. The number of carbonyl (C=O) groups excluding carboxylic acids is 2. The highest BCUT2D eigenvalue weighted by atomic mass is 16.3. The second-order valence-corrected chi connectivity index (χ2v) is 9.33. The predicted molar refractivity (Wildman–Crippen MR) is 113 cm³/mol. The van der Waals surface area contributed by atoms with Gasteiger partial charge in [-0.1, -0.05) is 12.1 Å². The first-order valence-electron chi connectivity index (χ1n) is 10.3. The number of phenolic OH excluding ortho intramolecular Hbond substituents is 1. The zero-order valence-corrected chi connectivity index (χ0v) is 18.1. The summed E-state index contributed by atoms with van der Waals surface area (Å²) in [6.45, 7) is 1.46. The van der Waals surface area contributed by atoms with Crippen LogP contribution in [0.15, 0.2) is 29.5 Å². The van der Waals surface area contributed by atoms with Crippen LogP contribution >= 0.6 is 0 Å². The third-order valence-corrected chi connectivity index (χ3v) is 7.37. The summed E-state index contributed by atoms with van der Waals surface area (Å²) in [5.74, 6) is -5.72. The highest BCUT2D eigenvalue weighted by Gasteiger charge is 2.67. The number of Topliss-reactive ketones (excluding diaryl/α,β-unsaturated/α-hetero) is 1. The molecular weight excluding hydrogens is 432 g/mol. The molecule has 0 saturated heterocycles. The molecule has 0 fully saturated rings. The molecule has 0 spiro atoms. The molecule has 33 heavy (non-hydrogen) atoms. The van der Waals surface area contributed by atoms with E-state index in [1.165, 1.54) is 32.0 Å². The molecule has 1 heterocycles. The highest BCUT2D eigenvalue weighted by Crippen LogP contribution is 2.62. The van der Waals surface area contributed by atoms with Gasteiger partial charge in [0.1, 0.15) is 22.8 Å². The maximum absolute atomic E-state index is 13.2. The summed E-state index contributed by atoms with van der Waals surface area (Å²) in [7, 11) is 3.05. The van der Waals surface area contributed by atoms with Gasteiger partial charge in [0, 0.05) is 11.5 Å². The lowest BCUT2D eigenvalue weighted by atomic mass is 9.54. The van der Waals surface area contributed by atoms with Crippen molar-refractivity contribution in [2.75, 3.05) is 14.1 Å². The van der Waals surface area contributed by atoms with Gasteiger partial charge in [0.2, 0.25) is 0 Å². The van der Waals surface area contributed by atoms with E-state index in [2.05, 4.69) is 10.2 Å². The number of rotatable bonds is 2. The van der Waals surface area contributed by atoms with Gasteiger partial charge < -0.3 is 31.3 Å². The Morgan fingerprint density at radius 3 is 2.52 bits per heavy atom. The van der Waals surface area contributed by atoms with Crippen molar-refractivity contribution >= 4 is 11.7 Å². The number of aromatic hydroxyl groups is 1. The number of H-pyrrole nitrogens is 1. The van der Waals surface area contributed by atoms with E-state index in [0.717, 1.165) is 0 Å². The highest BCUT2D eigenvalue weighted by molar-refractivity contribution is 6.22. The average Bonchev–Trinajstić information content (AvgIpc) is 3.14. The van der Waals surface area contributed by atoms with Gasteiger partial charge in [-0.05, 0) is 32.6 Å². The standard InChI is InChI=1S/C22H24N4O7/c1-21(32)7-5-4-6-8(27)9(7)14-10-12(21)17(29)13-15(26(2)3)16(28)11(20(23)31)19(30)22(13,33)18(10)25-24-14/h4-6,12-13,15,17,27,29-30,32-33H,1-3H3,(H2,23,31)(H,24,25)/t12-,13-,15+,17+,21-,22+/m0/s1. The quantitative estimate of drug-likeness (QED) is 0.280. The summed E-state index contributed by atoms with van der Waals surface area (Å²) in [5, 5.41) is 63.6. The van der Waals surface area contributed by atoms with Crippen LogP contribution in [-0.4, -0.2) is 78.6 Å². The Hall–Kier alpha value is -3.25. The maximum Gasteiger partial charge on any atom is 0.255 e. The number of nitrogens with two attached hydrogens (primary N) is 1. The fourth-order valence-electron chi connectivity index (χ4n) is 6.02. The summed E-state index contributed by atoms with van der Waals surface area (Å²) in [6, 6.07) is 3.30. The molecule has 0 unspecified atom stereocenters. The number of nitrogens with zero attached hydrogens (tertiary/aromatic N) is 2. The fraction of sp³-hybridized carbons (Fsp3) is 0.409. The van der Waals surface area contributed by atoms with E-state index in [1.807, 2.05) is 0 Å². The molecule has 3 aliphatic rings. The van der Waals surface area contributed by atoms with Crippen molar-refractivity contribution in [3.05, 3.63) is 46.4 Å². The van der Waals surface area contributed by atoms with Crippen LogP contribution in [0.25, 0.3) is 11.3 Å². The van der Waals surface area contributed by atoms with Crippen LogP contribution in [0.3, 0.4) is 0 Å². The minimum atomic E-state index is -2.44. The Labute approximate surface area is 187 Å². The minimum Gasteiger partial charge on any atom is -0.508 e. The molecule has 3 aliphatic carbocycles. The van der Waals surface area contributed by atoms with E-state index in [-0.39, 0.29) is 28.3 Å². The minimum absolute atomic E-state index is 0.0948. The Kier molecular flexibility index (Phi) is 4.20. The second kappa shape index (κ2) is 6.41. The summed E-state index contributed by atoms with van der Waals surface area (Å²) >= 11 is 0. The molecule has 174 valence electrons. The number of nitrogens with one attached hydrogen (secondary N) is 1. The van der Waals surface area contributed by atoms with E-state index in [0.29, 0.717) is 5.56 Å². The number of ketones is 1. The van der Waals surface area contributed by atoms with Crippen LogP contribution in [0.4, 0.5) is 0 Å². The number of phenols is 1.